The lowest BCUT2D eigenvalue weighted by molar-refractivity contribution is -0.121. The second-order valence-electron chi connectivity index (χ2n) is 5.87. The SMILES string of the molecule is CC(C)c1nnsc1CNC(=O)CCc1c[nH]c2ccccc12. The van der Waals surface area contributed by atoms with Crippen molar-refractivity contribution in [1.82, 2.24) is 19.9 Å². The smallest absolute Gasteiger partial charge is 0.220 e. The number of amides is 1. The molecule has 0 atom stereocenters. The predicted octanol–water partition coefficient (Wildman–Crippen LogP) is 3.39. The highest BCUT2D eigenvalue weighted by atomic mass is 32.1. The van der Waals surface area contributed by atoms with Gasteiger partial charge in [-0.2, -0.15) is 0 Å². The standard InChI is InChI=1S/C17H20N4OS/c1-11(2)17-15(23-21-20-17)10-19-16(22)8-7-12-9-18-14-6-4-3-5-13(12)14/h3-6,9,11,18H,7-8,10H2,1-2H3,(H,19,22). The van der Waals surface area contributed by atoms with Crippen LogP contribution >= 0.6 is 11.5 Å². The number of fused-ring (bicyclic) bond motifs is 1. The van der Waals surface area contributed by atoms with Crippen LogP contribution in [0.4, 0.5) is 0 Å². The molecular formula is C17H20N4OS. The average Bonchev–Trinajstić information content (AvgIpc) is 3.17. The summed E-state index contributed by atoms with van der Waals surface area (Å²) < 4.78 is 3.98. The van der Waals surface area contributed by atoms with E-state index in [-0.39, 0.29) is 5.91 Å². The van der Waals surface area contributed by atoms with E-state index in [2.05, 4.69) is 39.8 Å². The summed E-state index contributed by atoms with van der Waals surface area (Å²) in [5, 5.41) is 8.29. The quantitative estimate of drug-likeness (QED) is 0.728. The first-order valence-corrected chi connectivity index (χ1v) is 8.55. The minimum absolute atomic E-state index is 0.0541. The first-order valence-electron chi connectivity index (χ1n) is 7.78. The maximum Gasteiger partial charge on any atom is 0.220 e. The molecule has 0 fully saturated rings. The minimum Gasteiger partial charge on any atom is -0.361 e. The van der Waals surface area contributed by atoms with Gasteiger partial charge < -0.3 is 10.3 Å². The summed E-state index contributed by atoms with van der Waals surface area (Å²) >= 11 is 1.36. The normalized spacial score (nSPS) is 11.3. The van der Waals surface area contributed by atoms with Gasteiger partial charge in [-0.3, -0.25) is 4.79 Å². The minimum atomic E-state index is 0.0541. The molecule has 0 saturated carbocycles. The summed E-state index contributed by atoms with van der Waals surface area (Å²) in [5.41, 5.74) is 3.27. The summed E-state index contributed by atoms with van der Waals surface area (Å²) in [6.45, 7) is 4.68. The molecule has 0 bridgehead atoms. The van der Waals surface area contributed by atoms with E-state index in [1.807, 2.05) is 24.4 Å². The fraction of sp³-hybridized carbons (Fsp3) is 0.353. The Kier molecular flexibility index (Phi) is 4.71. The molecule has 1 aromatic carbocycles. The van der Waals surface area contributed by atoms with Crippen molar-refractivity contribution < 1.29 is 4.79 Å². The number of para-hydroxylation sites is 1. The molecule has 6 heteroatoms. The predicted molar refractivity (Wildman–Crippen MR) is 92.5 cm³/mol. The number of aryl methyl sites for hydroxylation is 1. The van der Waals surface area contributed by atoms with Crippen LogP contribution in [0.25, 0.3) is 10.9 Å². The van der Waals surface area contributed by atoms with E-state index in [0.29, 0.717) is 18.9 Å². The number of aromatic amines is 1. The molecular weight excluding hydrogens is 308 g/mol. The van der Waals surface area contributed by atoms with E-state index in [4.69, 9.17) is 0 Å². The van der Waals surface area contributed by atoms with Gasteiger partial charge in [0.05, 0.1) is 17.1 Å². The average molecular weight is 328 g/mol. The molecule has 3 aromatic rings. The zero-order valence-electron chi connectivity index (χ0n) is 13.3. The van der Waals surface area contributed by atoms with Crippen molar-refractivity contribution in [3.8, 4) is 0 Å². The fourth-order valence-corrected chi connectivity index (χ4v) is 3.36. The Hall–Kier alpha value is -2.21. The van der Waals surface area contributed by atoms with E-state index >= 15 is 0 Å². The van der Waals surface area contributed by atoms with Gasteiger partial charge in [-0.15, -0.1) is 5.10 Å². The zero-order chi connectivity index (χ0) is 16.2. The molecule has 2 N–H and O–H groups in total. The van der Waals surface area contributed by atoms with Crippen LogP contribution in [-0.2, 0) is 17.8 Å². The Morgan fingerprint density at radius 1 is 1.35 bits per heavy atom. The van der Waals surface area contributed by atoms with E-state index < -0.39 is 0 Å². The van der Waals surface area contributed by atoms with E-state index in [1.165, 1.54) is 22.5 Å². The van der Waals surface area contributed by atoms with Gasteiger partial charge in [0.25, 0.3) is 0 Å². The highest BCUT2D eigenvalue weighted by Crippen LogP contribution is 2.20. The maximum absolute atomic E-state index is 12.1. The lowest BCUT2D eigenvalue weighted by Crippen LogP contribution is -2.23. The highest BCUT2D eigenvalue weighted by molar-refractivity contribution is 7.05. The fourth-order valence-electron chi connectivity index (χ4n) is 2.63. The molecule has 0 unspecified atom stereocenters. The number of nitrogens with one attached hydrogen (secondary N) is 2. The zero-order valence-corrected chi connectivity index (χ0v) is 14.1. The summed E-state index contributed by atoms with van der Waals surface area (Å²) in [5.74, 6) is 0.380. The number of carbonyl (C=O) groups excluding carboxylic acids is 1. The van der Waals surface area contributed by atoms with E-state index in [0.717, 1.165) is 22.5 Å². The summed E-state index contributed by atoms with van der Waals surface area (Å²) in [7, 11) is 0. The highest BCUT2D eigenvalue weighted by Gasteiger charge is 2.13. The van der Waals surface area contributed by atoms with Crippen LogP contribution in [0.15, 0.2) is 30.5 Å². The number of rotatable bonds is 6. The van der Waals surface area contributed by atoms with Crippen LogP contribution in [0.3, 0.4) is 0 Å². The van der Waals surface area contributed by atoms with Crippen LogP contribution in [0.2, 0.25) is 0 Å². The molecule has 0 saturated heterocycles. The van der Waals surface area contributed by atoms with Gasteiger partial charge in [-0.25, -0.2) is 0 Å². The van der Waals surface area contributed by atoms with Gasteiger partial charge in [0, 0.05) is 23.5 Å². The Labute approximate surface area is 139 Å². The van der Waals surface area contributed by atoms with Gasteiger partial charge in [0.15, 0.2) is 0 Å². The van der Waals surface area contributed by atoms with Gasteiger partial charge >= 0.3 is 0 Å². The van der Waals surface area contributed by atoms with Crippen molar-refractivity contribution in [1.29, 1.82) is 0 Å². The molecule has 3 rings (SSSR count). The molecule has 0 aliphatic heterocycles. The number of hydrogen-bond acceptors (Lipinski definition) is 4. The molecule has 0 spiro atoms. The Morgan fingerprint density at radius 3 is 3.00 bits per heavy atom. The van der Waals surface area contributed by atoms with Gasteiger partial charge in [0.1, 0.15) is 0 Å². The lowest BCUT2D eigenvalue weighted by Gasteiger charge is -2.06. The molecule has 0 aliphatic rings. The second kappa shape index (κ2) is 6.91. The van der Waals surface area contributed by atoms with E-state index in [9.17, 15) is 4.79 Å². The van der Waals surface area contributed by atoms with Crippen molar-refractivity contribution in [2.45, 2.75) is 39.2 Å². The van der Waals surface area contributed by atoms with Crippen LogP contribution in [0.1, 0.15) is 42.3 Å². The Balaban J connectivity index is 1.55. The molecule has 0 radical (unpaired) electrons. The number of carbonyl (C=O) groups is 1. The van der Waals surface area contributed by atoms with Crippen LogP contribution in [-0.4, -0.2) is 20.5 Å². The molecule has 1 amide bonds. The number of nitrogens with zero attached hydrogens (tertiary/aromatic N) is 2. The molecule has 5 nitrogen and oxygen atoms in total. The van der Waals surface area contributed by atoms with Gasteiger partial charge in [0.2, 0.25) is 5.91 Å². The number of hydrogen-bond donors (Lipinski definition) is 2. The molecule has 120 valence electrons. The Morgan fingerprint density at radius 2 is 2.17 bits per heavy atom. The number of aromatic nitrogens is 3. The number of H-pyrrole nitrogens is 1. The largest absolute Gasteiger partial charge is 0.361 e. The number of benzene rings is 1. The van der Waals surface area contributed by atoms with Crippen molar-refractivity contribution in [3.05, 3.63) is 46.6 Å². The molecule has 0 aliphatic carbocycles. The van der Waals surface area contributed by atoms with Crippen LogP contribution < -0.4 is 5.32 Å². The van der Waals surface area contributed by atoms with Crippen LogP contribution in [0, 0.1) is 0 Å². The molecule has 2 heterocycles. The second-order valence-corrected chi connectivity index (χ2v) is 6.71. The van der Waals surface area contributed by atoms with Crippen molar-refractivity contribution in [3.63, 3.8) is 0 Å². The van der Waals surface area contributed by atoms with Crippen molar-refractivity contribution >= 4 is 28.3 Å². The van der Waals surface area contributed by atoms with Gasteiger partial charge in [-0.05, 0) is 35.5 Å². The third-order valence-electron chi connectivity index (χ3n) is 3.87. The Bertz CT molecular complexity index is 806. The van der Waals surface area contributed by atoms with E-state index in [1.54, 1.807) is 0 Å². The van der Waals surface area contributed by atoms with Crippen LogP contribution in [0.5, 0.6) is 0 Å². The first kappa shape index (κ1) is 15.7. The monoisotopic (exact) mass is 328 g/mol. The third kappa shape index (κ3) is 3.59. The maximum atomic E-state index is 12.1. The molecule has 2 aromatic heterocycles. The first-order chi connectivity index (χ1) is 11.1. The summed E-state index contributed by atoms with van der Waals surface area (Å²) in [6.07, 6.45) is 3.20. The topological polar surface area (TPSA) is 70.7 Å². The third-order valence-corrected chi connectivity index (χ3v) is 4.61. The summed E-state index contributed by atoms with van der Waals surface area (Å²) in [4.78, 5) is 16.4. The van der Waals surface area contributed by atoms with Crippen molar-refractivity contribution in [2.75, 3.05) is 0 Å². The van der Waals surface area contributed by atoms with Gasteiger partial charge in [-0.1, -0.05) is 36.5 Å². The van der Waals surface area contributed by atoms with Crippen molar-refractivity contribution in [2.24, 2.45) is 0 Å². The lowest BCUT2D eigenvalue weighted by atomic mass is 10.1. The summed E-state index contributed by atoms with van der Waals surface area (Å²) in [6, 6.07) is 8.15. The molecule has 23 heavy (non-hydrogen) atoms.